The van der Waals surface area contributed by atoms with E-state index in [1.165, 1.54) is 10.7 Å². The monoisotopic (exact) mass is 337 g/mol. The molecule has 0 aliphatic heterocycles. The molecule has 0 bridgehead atoms. The number of nitrogens with zero attached hydrogens (tertiary/aromatic N) is 2. The van der Waals surface area contributed by atoms with Crippen LogP contribution in [0.3, 0.4) is 0 Å². The summed E-state index contributed by atoms with van der Waals surface area (Å²) in [5, 5.41) is 16.7. The standard InChI is InChI=1S/C17H21F2N3O2/c1-17(2,3)14-8-12(22(4)21-14)16(24)20-9-13(23)15-10(18)6-5-7-11(15)19/h5-8,13,23H,9H2,1-4H3,(H,20,24). The van der Waals surface area contributed by atoms with Gasteiger partial charge in [0, 0.05) is 19.0 Å². The van der Waals surface area contributed by atoms with Crippen LogP contribution in [-0.4, -0.2) is 27.3 Å². The normalized spacial score (nSPS) is 13.0. The van der Waals surface area contributed by atoms with Crippen LogP contribution in [0.4, 0.5) is 8.78 Å². The van der Waals surface area contributed by atoms with Crippen molar-refractivity contribution in [2.24, 2.45) is 7.05 Å². The maximum Gasteiger partial charge on any atom is 0.269 e. The van der Waals surface area contributed by atoms with E-state index in [-0.39, 0.29) is 12.0 Å². The van der Waals surface area contributed by atoms with E-state index in [2.05, 4.69) is 10.4 Å². The zero-order valence-corrected chi connectivity index (χ0v) is 14.1. The Labute approximate surface area is 139 Å². The van der Waals surface area contributed by atoms with Gasteiger partial charge < -0.3 is 10.4 Å². The lowest BCUT2D eigenvalue weighted by atomic mass is 9.92. The van der Waals surface area contributed by atoms with Crippen molar-refractivity contribution in [1.29, 1.82) is 0 Å². The number of aliphatic hydroxyl groups excluding tert-OH is 1. The molecule has 1 heterocycles. The summed E-state index contributed by atoms with van der Waals surface area (Å²) in [5.41, 5.74) is 0.377. The van der Waals surface area contributed by atoms with Gasteiger partial charge in [-0.15, -0.1) is 0 Å². The van der Waals surface area contributed by atoms with Crippen molar-refractivity contribution in [2.75, 3.05) is 6.54 Å². The van der Waals surface area contributed by atoms with Gasteiger partial charge in [-0.2, -0.15) is 5.10 Å². The van der Waals surface area contributed by atoms with Gasteiger partial charge in [0.25, 0.3) is 5.91 Å². The largest absolute Gasteiger partial charge is 0.386 e. The highest BCUT2D eigenvalue weighted by molar-refractivity contribution is 5.92. The van der Waals surface area contributed by atoms with E-state index in [1.54, 1.807) is 13.1 Å². The molecule has 130 valence electrons. The van der Waals surface area contributed by atoms with Crippen molar-refractivity contribution < 1.29 is 18.7 Å². The summed E-state index contributed by atoms with van der Waals surface area (Å²) in [7, 11) is 1.64. The van der Waals surface area contributed by atoms with Gasteiger partial charge in [-0.1, -0.05) is 26.8 Å². The number of hydrogen-bond acceptors (Lipinski definition) is 3. The molecule has 1 atom stereocenters. The van der Waals surface area contributed by atoms with E-state index in [9.17, 15) is 18.7 Å². The third-order valence-corrected chi connectivity index (χ3v) is 3.67. The lowest BCUT2D eigenvalue weighted by molar-refractivity contribution is 0.0902. The Morgan fingerprint density at radius 1 is 1.33 bits per heavy atom. The van der Waals surface area contributed by atoms with Crippen LogP contribution in [0.25, 0.3) is 0 Å². The Morgan fingerprint density at radius 3 is 2.42 bits per heavy atom. The van der Waals surface area contributed by atoms with E-state index < -0.39 is 29.2 Å². The maximum absolute atomic E-state index is 13.6. The molecule has 2 N–H and O–H groups in total. The van der Waals surface area contributed by atoms with Crippen molar-refractivity contribution in [1.82, 2.24) is 15.1 Å². The van der Waals surface area contributed by atoms with Crippen molar-refractivity contribution in [3.8, 4) is 0 Å². The van der Waals surface area contributed by atoms with Gasteiger partial charge in [0.05, 0.1) is 11.3 Å². The van der Waals surface area contributed by atoms with Crippen molar-refractivity contribution in [3.63, 3.8) is 0 Å². The summed E-state index contributed by atoms with van der Waals surface area (Å²) in [6.07, 6.45) is -1.48. The highest BCUT2D eigenvalue weighted by Gasteiger charge is 2.23. The molecule has 2 aromatic rings. The number of carbonyl (C=O) groups is 1. The van der Waals surface area contributed by atoms with Crippen LogP contribution in [0.1, 0.15) is 48.6 Å². The SMILES string of the molecule is Cn1nc(C(C)(C)C)cc1C(=O)NCC(O)c1c(F)cccc1F. The van der Waals surface area contributed by atoms with Crippen LogP contribution in [0, 0.1) is 11.6 Å². The molecule has 0 aliphatic carbocycles. The molecule has 1 aromatic heterocycles. The first-order chi connectivity index (χ1) is 11.1. The second-order valence-corrected chi connectivity index (χ2v) is 6.65. The van der Waals surface area contributed by atoms with Gasteiger partial charge in [-0.05, 0) is 18.2 Å². The summed E-state index contributed by atoms with van der Waals surface area (Å²) in [6.45, 7) is 5.61. The van der Waals surface area contributed by atoms with Crippen LogP contribution in [0.15, 0.2) is 24.3 Å². The number of hydrogen-bond donors (Lipinski definition) is 2. The first-order valence-electron chi connectivity index (χ1n) is 7.56. The summed E-state index contributed by atoms with van der Waals surface area (Å²) in [4.78, 5) is 12.2. The highest BCUT2D eigenvalue weighted by Crippen LogP contribution is 2.22. The number of halogens is 2. The number of rotatable bonds is 4. The molecule has 1 amide bonds. The van der Waals surface area contributed by atoms with Gasteiger partial charge in [-0.25, -0.2) is 8.78 Å². The molecule has 0 aliphatic rings. The number of nitrogens with one attached hydrogen (secondary N) is 1. The third kappa shape index (κ3) is 3.79. The Balaban J connectivity index is 2.10. The second kappa shape index (κ2) is 6.68. The predicted molar refractivity (Wildman–Crippen MR) is 85.6 cm³/mol. The van der Waals surface area contributed by atoms with Crippen molar-refractivity contribution >= 4 is 5.91 Å². The third-order valence-electron chi connectivity index (χ3n) is 3.67. The first kappa shape index (κ1) is 18.1. The predicted octanol–water partition coefficient (Wildman–Crippen LogP) is 2.46. The van der Waals surface area contributed by atoms with Crippen LogP contribution in [0.2, 0.25) is 0 Å². The van der Waals surface area contributed by atoms with E-state index >= 15 is 0 Å². The molecule has 0 spiro atoms. The zero-order valence-electron chi connectivity index (χ0n) is 14.1. The Hall–Kier alpha value is -2.28. The highest BCUT2D eigenvalue weighted by atomic mass is 19.1. The molecule has 1 unspecified atom stereocenters. The lowest BCUT2D eigenvalue weighted by Crippen LogP contribution is -2.30. The molecule has 5 nitrogen and oxygen atoms in total. The van der Waals surface area contributed by atoms with Crippen molar-refractivity contribution in [3.05, 3.63) is 52.9 Å². The van der Waals surface area contributed by atoms with Gasteiger partial charge in [0.2, 0.25) is 0 Å². The molecule has 1 aromatic carbocycles. The number of amides is 1. The Morgan fingerprint density at radius 2 is 1.92 bits per heavy atom. The fourth-order valence-electron chi connectivity index (χ4n) is 2.26. The van der Waals surface area contributed by atoms with E-state index in [0.717, 1.165) is 17.8 Å². The molecule has 24 heavy (non-hydrogen) atoms. The average molecular weight is 337 g/mol. The van der Waals surface area contributed by atoms with E-state index in [0.29, 0.717) is 5.69 Å². The second-order valence-electron chi connectivity index (χ2n) is 6.65. The minimum Gasteiger partial charge on any atom is -0.386 e. The first-order valence-corrected chi connectivity index (χ1v) is 7.56. The minimum absolute atomic E-state index is 0.216. The number of aryl methyl sites for hydroxylation is 1. The van der Waals surface area contributed by atoms with E-state index in [1.807, 2.05) is 20.8 Å². The van der Waals surface area contributed by atoms with Crippen LogP contribution in [-0.2, 0) is 12.5 Å². The van der Waals surface area contributed by atoms with Gasteiger partial charge in [0.1, 0.15) is 23.4 Å². The quantitative estimate of drug-likeness (QED) is 0.901. The fraction of sp³-hybridized carbons (Fsp3) is 0.412. The van der Waals surface area contributed by atoms with Gasteiger partial charge in [-0.3, -0.25) is 9.48 Å². The summed E-state index contributed by atoms with van der Waals surface area (Å²) in [6, 6.07) is 4.98. The molecule has 0 saturated heterocycles. The van der Waals surface area contributed by atoms with Crippen molar-refractivity contribution in [2.45, 2.75) is 32.3 Å². The average Bonchev–Trinajstić information content (AvgIpc) is 2.87. The molecular weight excluding hydrogens is 316 g/mol. The lowest BCUT2D eigenvalue weighted by Gasteiger charge is -2.14. The topological polar surface area (TPSA) is 67.2 Å². The number of benzene rings is 1. The maximum atomic E-state index is 13.6. The zero-order chi connectivity index (χ0) is 18.1. The van der Waals surface area contributed by atoms with Crippen LogP contribution < -0.4 is 5.32 Å². The molecule has 0 saturated carbocycles. The minimum atomic E-state index is -1.48. The molecule has 2 rings (SSSR count). The summed E-state index contributed by atoms with van der Waals surface area (Å²) in [5.74, 6) is -2.18. The van der Waals surface area contributed by atoms with E-state index in [4.69, 9.17) is 0 Å². The van der Waals surface area contributed by atoms with Crippen LogP contribution >= 0.6 is 0 Å². The smallest absolute Gasteiger partial charge is 0.269 e. The van der Waals surface area contributed by atoms with Crippen LogP contribution in [0.5, 0.6) is 0 Å². The molecule has 0 radical (unpaired) electrons. The Bertz CT molecular complexity index is 731. The number of aromatic nitrogens is 2. The number of carbonyl (C=O) groups excluding carboxylic acids is 1. The van der Waals surface area contributed by atoms with Gasteiger partial charge >= 0.3 is 0 Å². The molecule has 7 heteroatoms. The molecular formula is C17H21F2N3O2. The Kier molecular flexibility index (Phi) is 5.03. The summed E-state index contributed by atoms with van der Waals surface area (Å²) < 4.78 is 28.7. The van der Waals surface area contributed by atoms with Gasteiger partial charge in [0.15, 0.2) is 0 Å². The summed E-state index contributed by atoms with van der Waals surface area (Å²) >= 11 is 0. The molecule has 0 fully saturated rings. The fourth-order valence-corrected chi connectivity index (χ4v) is 2.26. The number of aliphatic hydroxyl groups is 1.